The molecular weight excluding hydrogens is 285 g/mol. The van der Waals surface area contributed by atoms with Crippen molar-refractivity contribution in [1.29, 1.82) is 0 Å². The Kier molecular flexibility index (Phi) is 6.47. The van der Waals surface area contributed by atoms with Crippen LogP contribution in [0.5, 0.6) is 0 Å². The van der Waals surface area contributed by atoms with Crippen molar-refractivity contribution in [1.82, 2.24) is 5.32 Å². The van der Waals surface area contributed by atoms with E-state index in [0.717, 1.165) is 0 Å². The number of carboxylic acid groups (broad SMARTS) is 1. The standard InChI is InChI=1S/C13H16FNO4S/c1-8(16)12(13(18)19)15-11(17)6-7-20-10-5-3-2-4-9(10)14/h2-5,8,12,16H,6-7H2,1H3,(H,15,17)(H,18,19)/t8-,12+/m1/s1. The Morgan fingerprint density at radius 2 is 2.05 bits per heavy atom. The van der Waals surface area contributed by atoms with Crippen LogP contribution in [0.2, 0.25) is 0 Å². The lowest BCUT2D eigenvalue weighted by molar-refractivity contribution is -0.144. The van der Waals surface area contributed by atoms with E-state index >= 15 is 0 Å². The second kappa shape index (κ2) is 7.86. The monoisotopic (exact) mass is 301 g/mol. The first-order valence-electron chi connectivity index (χ1n) is 5.99. The zero-order valence-corrected chi connectivity index (χ0v) is 11.7. The number of benzene rings is 1. The Morgan fingerprint density at radius 3 is 2.60 bits per heavy atom. The highest BCUT2D eigenvalue weighted by atomic mass is 32.2. The molecule has 1 rings (SSSR count). The first kappa shape index (κ1) is 16.5. The molecule has 0 saturated carbocycles. The van der Waals surface area contributed by atoms with Gasteiger partial charge in [-0.2, -0.15) is 0 Å². The average Bonchev–Trinajstić information content (AvgIpc) is 2.37. The molecule has 5 nitrogen and oxygen atoms in total. The Morgan fingerprint density at radius 1 is 1.40 bits per heavy atom. The number of aliphatic hydroxyl groups excluding tert-OH is 1. The summed E-state index contributed by atoms with van der Waals surface area (Å²) >= 11 is 1.17. The number of halogens is 1. The number of carbonyl (C=O) groups excluding carboxylic acids is 1. The molecule has 0 radical (unpaired) electrons. The Balaban J connectivity index is 2.40. The molecule has 0 aliphatic rings. The number of rotatable bonds is 7. The number of carbonyl (C=O) groups is 2. The van der Waals surface area contributed by atoms with Crippen molar-refractivity contribution in [2.45, 2.75) is 30.4 Å². The maximum atomic E-state index is 13.3. The van der Waals surface area contributed by atoms with E-state index in [0.29, 0.717) is 10.6 Å². The van der Waals surface area contributed by atoms with Crippen LogP contribution in [0, 0.1) is 5.82 Å². The highest BCUT2D eigenvalue weighted by molar-refractivity contribution is 7.99. The minimum absolute atomic E-state index is 0.0372. The van der Waals surface area contributed by atoms with Gasteiger partial charge >= 0.3 is 5.97 Å². The number of nitrogens with one attached hydrogen (secondary N) is 1. The molecule has 0 unspecified atom stereocenters. The lowest BCUT2D eigenvalue weighted by Gasteiger charge is -2.16. The molecule has 110 valence electrons. The molecular formula is C13H16FNO4S. The SMILES string of the molecule is C[C@@H](O)[C@H](NC(=O)CCSc1ccccc1F)C(=O)O. The van der Waals surface area contributed by atoms with E-state index in [1.54, 1.807) is 18.2 Å². The van der Waals surface area contributed by atoms with Gasteiger partial charge in [-0.3, -0.25) is 4.79 Å². The second-order valence-electron chi connectivity index (χ2n) is 4.15. The highest BCUT2D eigenvalue weighted by Gasteiger charge is 2.24. The van der Waals surface area contributed by atoms with Crippen LogP contribution in [-0.4, -0.2) is 40.0 Å². The largest absolute Gasteiger partial charge is 0.480 e. The van der Waals surface area contributed by atoms with Crippen molar-refractivity contribution in [2.75, 3.05) is 5.75 Å². The summed E-state index contributed by atoms with van der Waals surface area (Å²) < 4.78 is 13.3. The third-order valence-corrected chi connectivity index (χ3v) is 3.54. The first-order valence-corrected chi connectivity index (χ1v) is 6.98. The molecule has 0 heterocycles. The second-order valence-corrected chi connectivity index (χ2v) is 5.29. The summed E-state index contributed by atoms with van der Waals surface area (Å²) in [7, 11) is 0. The minimum Gasteiger partial charge on any atom is -0.480 e. The molecule has 7 heteroatoms. The number of carboxylic acids is 1. The molecule has 1 aromatic carbocycles. The van der Waals surface area contributed by atoms with E-state index in [4.69, 9.17) is 5.11 Å². The van der Waals surface area contributed by atoms with Crippen molar-refractivity contribution < 1.29 is 24.2 Å². The minimum atomic E-state index is -1.33. The van der Waals surface area contributed by atoms with Crippen LogP contribution in [-0.2, 0) is 9.59 Å². The molecule has 0 bridgehead atoms. The molecule has 0 spiro atoms. The van der Waals surface area contributed by atoms with E-state index < -0.39 is 24.0 Å². The molecule has 0 saturated heterocycles. The fourth-order valence-corrected chi connectivity index (χ4v) is 2.34. The van der Waals surface area contributed by atoms with E-state index in [9.17, 15) is 19.1 Å². The van der Waals surface area contributed by atoms with Crippen molar-refractivity contribution in [2.24, 2.45) is 0 Å². The van der Waals surface area contributed by atoms with Crippen LogP contribution in [0.1, 0.15) is 13.3 Å². The van der Waals surface area contributed by atoms with Gasteiger partial charge in [0.1, 0.15) is 5.82 Å². The quantitative estimate of drug-likeness (QED) is 0.660. The fourth-order valence-electron chi connectivity index (χ4n) is 1.45. The van der Waals surface area contributed by atoms with E-state index in [2.05, 4.69) is 5.32 Å². The number of hydrogen-bond acceptors (Lipinski definition) is 4. The smallest absolute Gasteiger partial charge is 0.328 e. The van der Waals surface area contributed by atoms with Crippen LogP contribution < -0.4 is 5.32 Å². The molecule has 0 aromatic heterocycles. The van der Waals surface area contributed by atoms with Crippen molar-refractivity contribution in [3.63, 3.8) is 0 Å². The van der Waals surface area contributed by atoms with Crippen molar-refractivity contribution in [3.05, 3.63) is 30.1 Å². The summed E-state index contributed by atoms with van der Waals surface area (Å²) in [5.41, 5.74) is 0. The number of amides is 1. The number of thioether (sulfide) groups is 1. The molecule has 1 amide bonds. The molecule has 20 heavy (non-hydrogen) atoms. The average molecular weight is 301 g/mol. The zero-order chi connectivity index (χ0) is 15.1. The Labute approximate surface area is 120 Å². The van der Waals surface area contributed by atoms with Crippen molar-refractivity contribution >= 4 is 23.6 Å². The predicted molar refractivity (Wildman–Crippen MR) is 73.0 cm³/mol. The summed E-state index contributed by atoms with van der Waals surface area (Å²) in [5.74, 6) is -1.83. The van der Waals surface area contributed by atoms with Crippen LogP contribution in [0.4, 0.5) is 4.39 Å². The molecule has 1 aromatic rings. The van der Waals surface area contributed by atoms with Crippen LogP contribution in [0.15, 0.2) is 29.2 Å². The van der Waals surface area contributed by atoms with E-state index in [1.807, 2.05) is 0 Å². The van der Waals surface area contributed by atoms with E-state index in [-0.39, 0.29) is 12.2 Å². The maximum Gasteiger partial charge on any atom is 0.328 e. The fraction of sp³-hybridized carbons (Fsp3) is 0.385. The van der Waals surface area contributed by atoms with Gasteiger partial charge in [-0.05, 0) is 19.1 Å². The maximum absolute atomic E-state index is 13.3. The summed E-state index contributed by atoms with van der Waals surface area (Å²) in [6.07, 6.45) is -1.15. The lowest BCUT2D eigenvalue weighted by atomic mass is 10.2. The van der Waals surface area contributed by atoms with Gasteiger partial charge in [-0.1, -0.05) is 12.1 Å². The van der Waals surface area contributed by atoms with Gasteiger partial charge < -0.3 is 15.5 Å². The summed E-state index contributed by atoms with van der Waals surface area (Å²) in [5, 5.41) is 20.2. The summed E-state index contributed by atoms with van der Waals surface area (Å²) in [4.78, 5) is 22.8. The van der Waals surface area contributed by atoms with Crippen LogP contribution in [0.3, 0.4) is 0 Å². The van der Waals surface area contributed by atoms with E-state index in [1.165, 1.54) is 24.8 Å². The lowest BCUT2D eigenvalue weighted by Crippen LogP contribution is -2.47. The molecule has 0 aliphatic heterocycles. The van der Waals surface area contributed by atoms with Gasteiger partial charge in [-0.25, -0.2) is 9.18 Å². The summed E-state index contributed by atoms with van der Waals surface area (Å²) in [6, 6.07) is 4.87. The van der Waals surface area contributed by atoms with Gasteiger partial charge in [0.15, 0.2) is 6.04 Å². The van der Waals surface area contributed by atoms with Gasteiger partial charge in [-0.15, -0.1) is 11.8 Å². The number of aliphatic hydroxyl groups is 1. The van der Waals surface area contributed by atoms with Crippen molar-refractivity contribution in [3.8, 4) is 0 Å². The van der Waals surface area contributed by atoms with Gasteiger partial charge in [0.25, 0.3) is 0 Å². The number of hydrogen-bond donors (Lipinski definition) is 3. The van der Waals surface area contributed by atoms with Crippen LogP contribution >= 0.6 is 11.8 Å². The molecule has 2 atom stereocenters. The number of aliphatic carboxylic acids is 1. The normalized spacial score (nSPS) is 13.6. The highest BCUT2D eigenvalue weighted by Crippen LogP contribution is 2.21. The third kappa shape index (κ3) is 5.18. The predicted octanol–water partition coefficient (Wildman–Crippen LogP) is 1.26. The Hall–Kier alpha value is -1.60. The molecule has 3 N–H and O–H groups in total. The first-order chi connectivity index (χ1) is 9.41. The molecule has 0 fully saturated rings. The Bertz CT molecular complexity index is 481. The summed E-state index contributed by atoms with van der Waals surface area (Å²) in [6.45, 7) is 1.28. The molecule has 0 aliphatic carbocycles. The van der Waals surface area contributed by atoms with Gasteiger partial charge in [0.05, 0.1) is 6.10 Å². The van der Waals surface area contributed by atoms with Crippen LogP contribution in [0.25, 0.3) is 0 Å². The zero-order valence-electron chi connectivity index (χ0n) is 10.9. The van der Waals surface area contributed by atoms with Gasteiger partial charge in [0, 0.05) is 17.1 Å². The van der Waals surface area contributed by atoms with Gasteiger partial charge in [0.2, 0.25) is 5.91 Å². The topological polar surface area (TPSA) is 86.6 Å². The third-order valence-electron chi connectivity index (χ3n) is 2.49.